The van der Waals surface area contributed by atoms with Crippen LogP contribution in [0.3, 0.4) is 0 Å². The molecule has 1 fully saturated rings. The molecule has 1 heterocycles. The Bertz CT molecular complexity index is 453. The first-order valence-corrected chi connectivity index (χ1v) is 10.7. The highest BCUT2D eigenvalue weighted by Gasteiger charge is 2.33. The van der Waals surface area contributed by atoms with Gasteiger partial charge >= 0.3 is 0 Å². The van der Waals surface area contributed by atoms with Crippen molar-refractivity contribution in [2.75, 3.05) is 13.7 Å². The van der Waals surface area contributed by atoms with Crippen LogP contribution in [-0.2, 0) is 16.1 Å². The van der Waals surface area contributed by atoms with Crippen molar-refractivity contribution in [2.45, 2.75) is 96.4 Å². The summed E-state index contributed by atoms with van der Waals surface area (Å²) < 4.78 is 16.8. The van der Waals surface area contributed by atoms with E-state index in [1.54, 1.807) is 7.11 Å². The van der Waals surface area contributed by atoms with Gasteiger partial charge in [0, 0.05) is 0 Å². The van der Waals surface area contributed by atoms with Crippen LogP contribution in [0.1, 0.15) is 83.1 Å². The standard InChI is InChI=1S/C23H38O3/c1-3-4-5-6-7-8-9-10-11-12-13-22(23-19-26-23)25-18-20-14-16-21(24-2)17-15-20/h14-17,22-23H,3-13,18-19H2,1-2H3/t22-,23-/m0/s1. The normalized spacial score (nSPS) is 17.2. The summed E-state index contributed by atoms with van der Waals surface area (Å²) in [5.41, 5.74) is 1.19. The summed E-state index contributed by atoms with van der Waals surface area (Å²) in [6.07, 6.45) is 15.5. The average molecular weight is 363 g/mol. The van der Waals surface area contributed by atoms with Crippen molar-refractivity contribution < 1.29 is 14.2 Å². The van der Waals surface area contributed by atoms with Crippen molar-refractivity contribution in [3.63, 3.8) is 0 Å². The topological polar surface area (TPSA) is 31.0 Å². The molecule has 1 aliphatic heterocycles. The molecule has 0 amide bonds. The zero-order chi connectivity index (χ0) is 18.5. The van der Waals surface area contributed by atoms with Crippen molar-refractivity contribution in [3.8, 4) is 5.75 Å². The van der Waals surface area contributed by atoms with Crippen molar-refractivity contribution >= 4 is 0 Å². The molecule has 26 heavy (non-hydrogen) atoms. The second kappa shape index (κ2) is 13.2. The fourth-order valence-electron chi connectivity index (χ4n) is 3.40. The Kier molecular flexibility index (Phi) is 10.8. The van der Waals surface area contributed by atoms with Crippen molar-refractivity contribution in [1.82, 2.24) is 0 Å². The molecule has 0 aliphatic carbocycles. The Morgan fingerprint density at radius 2 is 1.50 bits per heavy atom. The van der Waals surface area contributed by atoms with Gasteiger partial charge in [0.25, 0.3) is 0 Å². The number of unbranched alkanes of at least 4 members (excludes halogenated alkanes) is 9. The first-order chi connectivity index (χ1) is 12.8. The van der Waals surface area contributed by atoms with Gasteiger partial charge in [-0.25, -0.2) is 0 Å². The number of methoxy groups -OCH3 is 1. The predicted molar refractivity (Wildman–Crippen MR) is 108 cm³/mol. The Hall–Kier alpha value is -1.06. The van der Waals surface area contributed by atoms with E-state index in [0.29, 0.717) is 12.7 Å². The molecule has 0 spiro atoms. The minimum atomic E-state index is 0.256. The molecule has 0 saturated carbocycles. The lowest BCUT2D eigenvalue weighted by Gasteiger charge is -2.16. The Balaban J connectivity index is 1.51. The van der Waals surface area contributed by atoms with Crippen LogP contribution < -0.4 is 4.74 Å². The fourth-order valence-corrected chi connectivity index (χ4v) is 3.40. The zero-order valence-corrected chi connectivity index (χ0v) is 16.9. The highest BCUT2D eigenvalue weighted by atomic mass is 16.6. The highest BCUT2D eigenvalue weighted by molar-refractivity contribution is 5.26. The quantitative estimate of drug-likeness (QED) is 0.256. The van der Waals surface area contributed by atoms with Gasteiger partial charge in [0.05, 0.1) is 26.4 Å². The zero-order valence-electron chi connectivity index (χ0n) is 16.9. The molecule has 0 bridgehead atoms. The monoisotopic (exact) mass is 362 g/mol. The van der Waals surface area contributed by atoms with Crippen LogP contribution in [0.25, 0.3) is 0 Å². The summed E-state index contributed by atoms with van der Waals surface area (Å²) in [7, 11) is 1.69. The second-order valence-electron chi connectivity index (χ2n) is 7.54. The maximum Gasteiger partial charge on any atom is 0.118 e. The van der Waals surface area contributed by atoms with Gasteiger partial charge in [0.1, 0.15) is 11.9 Å². The van der Waals surface area contributed by atoms with Crippen LogP contribution in [0, 0.1) is 0 Å². The van der Waals surface area contributed by atoms with E-state index in [1.807, 2.05) is 12.1 Å². The van der Waals surface area contributed by atoms with Crippen molar-refractivity contribution in [1.29, 1.82) is 0 Å². The molecule has 1 aromatic carbocycles. The van der Waals surface area contributed by atoms with E-state index < -0.39 is 0 Å². The largest absolute Gasteiger partial charge is 0.497 e. The molecule has 0 unspecified atom stereocenters. The van der Waals surface area contributed by atoms with Crippen molar-refractivity contribution in [3.05, 3.63) is 29.8 Å². The summed E-state index contributed by atoms with van der Waals surface area (Å²) in [6.45, 7) is 3.80. The van der Waals surface area contributed by atoms with E-state index in [0.717, 1.165) is 18.8 Å². The van der Waals surface area contributed by atoms with Crippen LogP contribution in [-0.4, -0.2) is 25.9 Å². The fraction of sp³-hybridized carbons (Fsp3) is 0.739. The maximum absolute atomic E-state index is 6.14. The summed E-state index contributed by atoms with van der Waals surface area (Å²) in [6, 6.07) is 8.13. The number of rotatable bonds is 16. The van der Waals surface area contributed by atoms with E-state index in [1.165, 1.54) is 69.8 Å². The summed E-state index contributed by atoms with van der Waals surface area (Å²) >= 11 is 0. The molecule has 1 saturated heterocycles. The smallest absolute Gasteiger partial charge is 0.118 e. The van der Waals surface area contributed by atoms with Crippen molar-refractivity contribution in [2.24, 2.45) is 0 Å². The average Bonchev–Trinajstić information content (AvgIpc) is 3.51. The van der Waals surface area contributed by atoms with E-state index in [4.69, 9.17) is 14.2 Å². The molecule has 1 aliphatic rings. The number of ether oxygens (including phenoxy) is 3. The van der Waals surface area contributed by atoms with Gasteiger partial charge in [0.15, 0.2) is 0 Å². The van der Waals surface area contributed by atoms with Crippen LogP contribution in [0.5, 0.6) is 5.75 Å². The SMILES string of the molecule is CCCCCCCCCCCC[C@H](OCc1ccc(OC)cc1)[C@@H]1CO1. The molecule has 2 rings (SSSR count). The molecule has 0 radical (unpaired) electrons. The molecular formula is C23H38O3. The lowest BCUT2D eigenvalue weighted by Crippen LogP contribution is -2.19. The van der Waals surface area contributed by atoms with Gasteiger partial charge in [-0.3, -0.25) is 0 Å². The van der Waals surface area contributed by atoms with Crippen LogP contribution in [0.2, 0.25) is 0 Å². The third kappa shape index (κ3) is 9.05. The maximum atomic E-state index is 6.14. The Morgan fingerprint density at radius 3 is 2.04 bits per heavy atom. The minimum Gasteiger partial charge on any atom is -0.497 e. The highest BCUT2D eigenvalue weighted by Crippen LogP contribution is 2.24. The Morgan fingerprint density at radius 1 is 0.923 bits per heavy atom. The van der Waals surface area contributed by atoms with Gasteiger partial charge in [0.2, 0.25) is 0 Å². The van der Waals surface area contributed by atoms with Crippen LogP contribution in [0.15, 0.2) is 24.3 Å². The Labute approximate surface area is 160 Å². The summed E-state index contributed by atoms with van der Waals surface area (Å²) in [4.78, 5) is 0. The van der Waals surface area contributed by atoms with Gasteiger partial charge < -0.3 is 14.2 Å². The lowest BCUT2D eigenvalue weighted by atomic mass is 10.0. The summed E-state index contributed by atoms with van der Waals surface area (Å²) in [5, 5.41) is 0. The molecular weight excluding hydrogens is 324 g/mol. The van der Waals surface area contributed by atoms with E-state index in [-0.39, 0.29) is 6.10 Å². The van der Waals surface area contributed by atoms with E-state index in [9.17, 15) is 0 Å². The molecule has 0 N–H and O–H groups in total. The van der Waals surface area contributed by atoms with Gasteiger partial charge in [-0.1, -0.05) is 83.3 Å². The molecule has 2 atom stereocenters. The lowest BCUT2D eigenvalue weighted by molar-refractivity contribution is 0.0148. The van der Waals surface area contributed by atoms with E-state index >= 15 is 0 Å². The first kappa shape index (κ1) is 21.2. The summed E-state index contributed by atoms with van der Waals surface area (Å²) in [5.74, 6) is 0.890. The van der Waals surface area contributed by atoms with Crippen LogP contribution >= 0.6 is 0 Å². The molecule has 1 aromatic rings. The third-order valence-corrected chi connectivity index (χ3v) is 5.24. The number of hydrogen-bond acceptors (Lipinski definition) is 3. The number of hydrogen-bond donors (Lipinski definition) is 0. The predicted octanol–water partition coefficient (Wildman–Crippen LogP) is 6.29. The molecule has 148 valence electrons. The first-order valence-electron chi connectivity index (χ1n) is 10.7. The van der Waals surface area contributed by atoms with E-state index in [2.05, 4.69) is 19.1 Å². The number of benzene rings is 1. The second-order valence-corrected chi connectivity index (χ2v) is 7.54. The number of epoxide rings is 1. The van der Waals surface area contributed by atoms with Gasteiger partial charge in [-0.2, -0.15) is 0 Å². The van der Waals surface area contributed by atoms with Gasteiger partial charge in [-0.15, -0.1) is 0 Å². The minimum absolute atomic E-state index is 0.256. The molecule has 3 nitrogen and oxygen atoms in total. The van der Waals surface area contributed by atoms with Crippen LogP contribution in [0.4, 0.5) is 0 Å². The molecule has 3 heteroatoms. The van der Waals surface area contributed by atoms with Gasteiger partial charge in [-0.05, 0) is 24.1 Å². The third-order valence-electron chi connectivity index (χ3n) is 5.24. The molecule has 0 aromatic heterocycles.